The first-order chi connectivity index (χ1) is 13.5. The normalized spacial score (nSPS) is 16.8. The smallest absolute Gasteiger partial charge is 0.326 e. The molecule has 144 valence electrons. The molecule has 1 amide bonds. The summed E-state index contributed by atoms with van der Waals surface area (Å²) in [4.78, 5) is 27.5. The summed E-state index contributed by atoms with van der Waals surface area (Å²) in [6.45, 7) is 0.404. The van der Waals surface area contributed by atoms with Crippen LogP contribution in [0.15, 0.2) is 48.7 Å². The summed E-state index contributed by atoms with van der Waals surface area (Å²) < 4.78 is 18.9. The standard InChI is InChI=1S/C21H19FN2O4/c22-13-5-6-14-12(11-23-17(14)10-13)9-18(21(26)27)24-20(25)16-7-8-28-19-4-2-1-3-15(16)19/h1-6,10-11,16,18,23H,7-9H2,(H,24,25)(H,26,27). The fraction of sp³-hybridized carbons (Fsp3) is 0.238. The van der Waals surface area contributed by atoms with Crippen LogP contribution in [0, 0.1) is 5.82 Å². The van der Waals surface area contributed by atoms with E-state index in [-0.39, 0.29) is 18.1 Å². The number of hydrogen-bond acceptors (Lipinski definition) is 3. The molecule has 0 bridgehead atoms. The second-order valence-corrected chi connectivity index (χ2v) is 6.83. The topological polar surface area (TPSA) is 91.4 Å². The molecule has 1 aromatic heterocycles. The van der Waals surface area contributed by atoms with Gasteiger partial charge in [-0.15, -0.1) is 0 Å². The Labute approximate surface area is 160 Å². The minimum atomic E-state index is -1.12. The second kappa shape index (κ2) is 7.34. The highest BCUT2D eigenvalue weighted by molar-refractivity contribution is 5.90. The maximum Gasteiger partial charge on any atom is 0.326 e. The van der Waals surface area contributed by atoms with Crippen LogP contribution in [-0.2, 0) is 16.0 Å². The average Bonchev–Trinajstić information content (AvgIpc) is 3.08. The van der Waals surface area contributed by atoms with Crippen molar-refractivity contribution in [3.63, 3.8) is 0 Å². The molecule has 3 N–H and O–H groups in total. The number of carbonyl (C=O) groups is 2. The molecule has 0 radical (unpaired) electrons. The van der Waals surface area contributed by atoms with Crippen LogP contribution in [0.4, 0.5) is 4.39 Å². The Balaban J connectivity index is 1.54. The van der Waals surface area contributed by atoms with Crippen LogP contribution in [0.25, 0.3) is 10.9 Å². The van der Waals surface area contributed by atoms with Crippen molar-refractivity contribution < 1.29 is 23.8 Å². The molecule has 1 aliphatic rings. The van der Waals surface area contributed by atoms with Gasteiger partial charge in [-0.1, -0.05) is 18.2 Å². The van der Waals surface area contributed by atoms with E-state index in [1.165, 1.54) is 12.1 Å². The number of rotatable bonds is 5. The molecule has 0 saturated heterocycles. The van der Waals surface area contributed by atoms with Crippen molar-refractivity contribution in [1.29, 1.82) is 0 Å². The van der Waals surface area contributed by atoms with Gasteiger partial charge in [0, 0.05) is 29.1 Å². The first-order valence-electron chi connectivity index (χ1n) is 9.03. The van der Waals surface area contributed by atoms with Crippen molar-refractivity contribution in [2.45, 2.75) is 24.8 Å². The zero-order chi connectivity index (χ0) is 19.7. The van der Waals surface area contributed by atoms with E-state index in [0.717, 1.165) is 10.9 Å². The number of carboxylic acid groups (broad SMARTS) is 1. The molecule has 0 saturated carbocycles. The van der Waals surface area contributed by atoms with Crippen molar-refractivity contribution in [2.75, 3.05) is 6.61 Å². The summed E-state index contributed by atoms with van der Waals surface area (Å²) in [7, 11) is 0. The number of ether oxygens (including phenoxy) is 1. The number of para-hydroxylation sites is 1. The SMILES string of the molecule is O=C(O)C(Cc1c[nH]c2cc(F)ccc12)NC(=O)C1CCOc2ccccc21. The van der Waals surface area contributed by atoms with Crippen molar-refractivity contribution in [1.82, 2.24) is 10.3 Å². The van der Waals surface area contributed by atoms with Crippen molar-refractivity contribution in [2.24, 2.45) is 0 Å². The summed E-state index contributed by atoms with van der Waals surface area (Å²) in [5, 5.41) is 13.0. The van der Waals surface area contributed by atoms with Crippen LogP contribution in [0.5, 0.6) is 5.75 Å². The first-order valence-corrected chi connectivity index (χ1v) is 9.03. The Kier molecular flexibility index (Phi) is 4.73. The van der Waals surface area contributed by atoms with Gasteiger partial charge in [0.25, 0.3) is 0 Å². The van der Waals surface area contributed by atoms with Crippen molar-refractivity contribution in [3.05, 3.63) is 65.6 Å². The zero-order valence-corrected chi connectivity index (χ0v) is 14.9. The van der Waals surface area contributed by atoms with Gasteiger partial charge in [0.15, 0.2) is 0 Å². The Bertz CT molecular complexity index is 1050. The maximum absolute atomic E-state index is 13.4. The number of nitrogens with one attached hydrogen (secondary N) is 2. The van der Waals surface area contributed by atoms with E-state index >= 15 is 0 Å². The highest BCUT2D eigenvalue weighted by Gasteiger charge is 2.31. The predicted octanol–water partition coefficient (Wildman–Crippen LogP) is 2.99. The largest absolute Gasteiger partial charge is 0.493 e. The highest BCUT2D eigenvalue weighted by Crippen LogP contribution is 2.33. The molecule has 7 heteroatoms. The lowest BCUT2D eigenvalue weighted by molar-refractivity contribution is -0.142. The monoisotopic (exact) mass is 382 g/mol. The molecule has 0 aliphatic carbocycles. The summed E-state index contributed by atoms with van der Waals surface area (Å²) in [5.74, 6) is -1.63. The number of aliphatic carboxylic acids is 1. The minimum absolute atomic E-state index is 0.0948. The fourth-order valence-corrected chi connectivity index (χ4v) is 3.63. The van der Waals surface area contributed by atoms with E-state index in [1.54, 1.807) is 18.3 Å². The number of halogens is 1. The average molecular weight is 382 g/mol. The fourth-order valence-electron chi connectivity index (χ4n) is 3.63. The molecule has 2 aromatic carbocycles. The van der Waals surface area contributed by atoms with Gasteiger partial charge < -0.3 is 20.1 Å². The van der Waals surface area contributed by atoms with E-state index in [1.807, 2.05) is 18.2 Å². The lowest BCUT2D eigenvalue weighted by Crippen LogP contribution is -2.45. The molecule has 0 fully saturated rings. The van der Waals surface area contributed by atoms with E-state index in [4.69, 9.17) is 4.74 Å². The number of benzene rings is 2. The van der Waals surface area contributed by atoms with Gasteiger partial charge >= 0.3 is 5.97 Å². The van der Waals surface area contributed by atoms with Gasteiger partial charge in [-0.2, -0.15) is 0 Å². The molecule has 28 heavy (non-hydrogen) atoms. The van der Waals surface area contributed by atoms with Gasteiger partial charge in [-0.25, -0.2) is 9.18 Å². The van der Waals surface area contributed by atoms with Crippen LogP contribution < -0.4 is 10.1 Å². The Morgan fingerprint density at radius 2 is 2.11 bits per heavy atom. The molecule has 0 spiro atoms. The quantitative estimate of drug-likeness (QED) is 0.633. The van der Waals surface area contributed by atoms with Gasteiger partial charge in [0.05, 0.1) is 12.5 Å². The molecule has 4 rings (SSSR count). The third-order valence-electron chi connectivity index (χ3n) is 5.04. The van der Waals surface area contributed by atoms with Crippen LogP contribution in [0.2, 0.25) is 0 Å². The van der Waals surface area contributed by atoms with E-state index < -0.39 is 17.9 Å². The van der Waals surface area contributed by atoms with Gasteiger partial charge in [-0.05, 0) is 36.2 Å². The number of amides is 1. The molecule has 2 heterocycles. The summed E-state index contributed by atoms with van der Waals surface area (Å²) in [6.07, 6.45) is 2.23. The summed E-state index contributed by atoms with van der Waals surface area (Å²) in [6, 6.07) is 10.5. The maximum atomic E-state index is 13.4. The predicted molar refractivity (Wildman–Crippen MR) is 101 cm³/mol. The van der Waals surface area contributed by atoms with Crippen LogP contribution in [-0.4, -0.2) is 34.6 Å². The van der Waals surface area contributed by atoms with Crippen molar-refractivity contribution in [3.8, 4) is 5.75 Å². The van der Waals surface area contributed by atoms with Crippen molar-refractivity contribution >= 4 is 22.8 Å². The van der Waals surface area contributed by atoms with Crippen LogP contribution >= 0.6 is 0 Å². The first kappa shape index (κ1) is 18.0. The van der Waals surface area contributed by atoms with Gasteiger partial charge in [-0.3, -0.25) is 4.79 Å². The number of carbonyl (C=O) groups excluding carboxylic acids is 1. The molecule has 2 unspecified atom stereocenters. The number of fused-ring (bicyclic) bond motifs is 2. The molecule has 1 aliphatic heterocycles. The van der Waals surface area contributed by atoms with Crippen LogP contribution in [0.1, 0.15) is 23.5 Å². The van der Waals surface area contributed by atoms with E-state index in [0.29, 0.717) is 29.9 Å². The third-order valence-corrected chi connectivity index (χ3v) is 5.04. The Morgan fingerprint density at radius 3 is 2.93 bits per heavy atom. The number of H-pyrrole nitrogens is 1. The molecule has 3 aromatic rings. The van der Waals surface area contributed by atoms with E-state index in [9.17, 15) is 19.1 Å². The van der Waals surface area contributed by atoms with E-state index in [2.05, 4.69) is 10.3 Å². The molecular weight excluding hydrogens is 363 g/mol. The molecule has 6 nitrogen and oxygen atoms in total. The second-order valence-electron chi connectivity index (χ2n) is 6.83. The lowest BCUT2D eigenvalue weighted by atomic mass is 9.92. The zero-order valence-electron chi connectivity index (χ0n) is 14.9. The Hall–Kier alpha value is -3.35. The number of hydrogen-bond donors (Lipinski definition) is 3. The number of carboxylic acids is 1. The molecule has 2 atom stereocenters. The summed E-state index contributed by atoms with van der Waals surface area (Å²) in [5.41, 5.74) is 2.05. The minimum Gasteiger partial charge on any atom is -0.493 e. The molecular formula is C21H19FN2O4. The Morgan fingerprint density at radius 1 is 1.29 bits per heavy atom. The number of aromatic amines is 1. The van der Waals surface area contributed by atoms with Gasteiger partial charge in [0.2, 0.25) is 5.91 Å². The summed E-state index contributed by atoms with van der Waals surface area (Å²) >= 11 is 0. The van der Waals surface area contributed by atoms with Crippen LogP contribution in [0.3, 0.4) is 0 Å². The van der Waals surface area contributed by atoms with Gasteiger partial charge in [0.1, 0.15) is 17.6 Å². The highest BCUT2D eigenvalue weighted by atomic mass is 19.1. The third kappa shape index (κ3) is 3.43. The lowest BCUT2D eigenvalue weighted by Gasteiger charge is -2.26. The number of aromatic nitrogens is 1.